The Balaban J connectivity index is 2.42. The third kappa shape index (κ3) is 2.63. The zero-order valence-electron chi connectivity index (χ0n) is 12.2. The SMILES string of the molecule is COc1ccc(C(O)c2cncn2C(C)C)c(OC)c1. The summed E-state index contributed by atoms with van der Waals surface area (Å²) in [5.41, 5.74) is 1.43. The van der Waals surface area contributed by atoms with Gasteiger partial charge in [-0.2, -0.15) is 0 Å². The fraction of sp³-hybridized carbons (Fsp3) is 0.400. The summed E-state index contributed by atoms with van der Waals surface area (Å²) < 4.78 is 12.4. The molecular formula is C15H20N2O3. The smallest absolute Gasteiger partial charge is 0.128 e. The molecule has 5 nitrogen and oxygen atoms in total. The molecule has 0 amide bonds. The maximum absolute atomic E-state index is 10.6. The maximum Gasteiger partial charge on any atom is 0.128 e. The molecule has 0 bridgehead atoms. The third-order valence-corrected chi connectivity index (χ3v) is 3.27. The van der Waals surface area contributed by atoms with Crippen molar-refractivity contribution in [2.45, 2.75) is 26.0 Å². The first-order chi connectivity index (χ1) is 9.58. The van der Waals surface area contributed by atoms with Crippen molar-refractivity contribution in [3.05, 3.63) is 42.0 Å². The zero-order valence-corrected chi connectivity index (χ0v) is 12.2. The van der Waals surface area contributed by atoms with E-state index in [1.54, 1.807) is 44.9 Å². The maximum atomic E-state index is 10.6. The minimum atomic E-state index is -0.791. The number of imidazole rings is 1. The van der Waals surface area contributed by atoms with Gasteiger partial charge in [-0.15, -0.1) is 0 Å². The van der Waals surface area contributed by atoms with Gasteiger partial charge < -0.3 is 19.1 Å². The molecule has 1 unspecified atom stereocenters. The molecule has 0 spiro atoms. The first-order valence-electron chi connectivity index (χ1n) is 6.50. The van der Waals surface area contributed by atoms with Crippen molar-refractivity contribution in [3.8, 4) is 11.5 Å². The number of nitrogens with zero attached hydrogens (tertiary/aromatic N) is 2. The molecule has 0 saturated heterocycles. The van der Waals surface area contributed by atoms with E-state index in [9.17, 15) is 5.11 Å². The van der Waals surface area contributed by atoms with E-state index in [1.165, 1.54) is 0 Å². The molecule has 1 aromatic carbocycles. The van der Waals surface area contributed by atoms with Crippen molar-refractivity contribution < 1.29 is 14.6 Å². The summed E-state index contributed by atoms with van der Waals surface area (Å²) in [6.45, 7) is 4.09. The number of benzene rings is 1. The van der Waals surface area contributed by atoms with Gasteiger partial charge in [0.05, 0.1) is 32.4 Å². The fourth-order valence-electron chi connectivity index (χ4n) is 2.16. The normalized spacial score (nSPS) is 12.5. The topological polar surface area (TPSA) is 56.5 Å². The highest BCUT2D eigenvalue weighted by Gasteiger charge is 2.20. The average Bonchev–Trinajstić information content (AvgIpc) is 2.95. The lowest BCUT2D eigenvalue weighted by Crippen LogP contribution is -2.11. The van der Waals surface area contributed by atoms with Crippen LogP contribution >= 0.6 is 0 Å². The first kappa shape index (κ1) is 14.4. The lowest BCUT2D eigenvalue weighted by atomic mass is 10.0. The molecule has 1 heterocycles. The number of hydrogen-bond donors (Lipinski definition) is 1. The van der Waals surface area contributed by atoms with Crippen molar-refractivity contribution in [3.63, 3.8) is 0 Å². The molecule has 0 aliphatic carbocycles. The first-order valence-corrected chi connectivity index (χ1v) is 6.50. The van der Waals surface area contributed by atoms with Gasteiger partial charge in [0.25, 0.3) is 0 Å². The van der Waals surface area contributed by atoms with Gasteiger partial charge in [-0.3, -0.25) is 0 Å². The standard InChI is InChI=1S/C15H20N2O3/c1-10(2)17-9-16-8-13(17)15(18)12-6-5-11(19-3)7-14(12)20-4/h5-10,15,18H,1-4H3. The van der Waals surface area contributed by atoms with E-state index in [-0.39, 0.29) is 6.04 Å². The minimum absolute atomic E-state index is 0.228. The lowest BCUT2D eigenvalue weighted by molar-refractivity contribution is 0.202. The molecule has 1 atom stereocenters. The van der Waals surface area contributed by atoms with Crippen LogP contribution in [0, 0.1) is 0 Å². The van der Waals surface area contributed by atoms with Crippen molar-refractivity contribution in [2.24, 2.45) is 0 Å². The van der Waals surface area contributed by atoms with Gasteiger partial charge >= 0.3 is 0 Å². The molecule has 0 radical (unpaired) electrons. The summed E-state index contributed by atoms with van der Waals surface area (Å²) in [5, 5.41) is 10.6. The van der Waals surface area contributed by atoms with E-state index in [0.29, 0.717) is 17.1 Å². The molecule has 20 heavy (non-hydrogen) atoms. The quantitative estimate of drug-likeness (QED) is 0.912. The highest BCUT2D eigenvalue weighted by atomic mass is 16.5. The molecular weight excluding hydrogens is 256 g/mol. The number of hydrogen-bond acceptors (Lipinski definition) is 4. The van der Waals surface area contributed by atoms with E-state index in [0.717, 1.165) is 5.69 Å². The Morgan fingerprint density at radius 2 is 1.95 bits per heavy atom. The van der Waals surface area contributed by atoms with Gasteiger partial charge in [-0.1, -0.05) is 0 Å². The Hall–Kier alpha value is -2.01. The molecule has 0 fully saturated rings. The number of aromatic nitrogens is 2. The van der Waals surface area contributed by atoms with Crippen molar-refractivity contribution in [1.82, 2.24) is 9.55 Å². The molecule has 0 aliphatic rings. The minimum Gasteiger partial charge on any atom is -0.497 e. The van der Waals surface area contributed by atoms with Crippen molar-refractivity contribution in [1.29, 1.82) is 0 Å². The number of ether oxygens (including phenoxy) is 2. The summed E-state index contributed by atoms with van der Waals surface area (Å²) in [4.78, 5) is 4.12. The second-order valence-electron chi connectivity index (χ2n) is 4.83. The number of aliphatic hydroxyl groups excluding tert-OH is 1. The molecule has 1 aromatic heterocycles. The van der Waals surface area contributed by atoms with Gasteiger partial charge in [-0.05, 0) is 26.0 Å². The zero-order chi connectivity index (χ0) is 14.7. The highest BCUT2D eigenvalue weighted by molar-refractivity contribution is 5.44. The summed E-state index contributed by atoms with van der Waals surface area (Å²) >= 11 is 0. The van der Waals surface area contributed by atoms with Crippen LogP contribution in [-0.2, 0) is 0 Å². The van der Waals surface area contributed by atoms with Crippen LogP contribution in [0.25, 0.3) is 0 Å². The Bertz CT molecular complexity index is 578. The summed E-state index contributed by atoms with van der Waals surface area (Å²) in [5.74, 6) is 1.28. The Morgan fingerprint density at radius 3 is 2.55 bits per heavy atom. The lowest BCUT2D eigenvalue weighted by Gasteiger charge is -2.19. The second kappa shape index (κ2) is 5.96. The van der Waals surface area contributed by atoms with Crippen LogP contribution in [-0.4, -0.2) is 28.9 Å². The fourth-order valence-corrected chi connectivity index (χ4v) is 2.16. The summed E-state index contributed by atoms with van der Waals surface area (Å²) in [6.07, 6.45) is 2.61. The molecule has 5 heteroatoms. The van der Waals surface area contributed by atoms with Crippen LogP contribution in [0.3, 0.4) is 0 Å². The van der Waals surface area contributed by atoms with Gasteiger partial charge in [0, 0.05) is 17.7 Å². The Labute approximate surface area is 118 Å². The average molecular weight is 276 g/mol. The molecule has 1 N–H and O–H groups in total. The van der Waals surface area contributed by atoms with Crippen molar-refractivity contribution in [2.75, 3.05) is 14.2 Å². The van der Waals surface area contributed by atoms with E-state index < -0.39 is 6.10 Å². The van der Waals surface area contributed by atoms with Crippen LogP contribution in [0.1, 0.15) is 37.3 Å². The second-order valence-corrected chi connectivity index (χ2v) is 4.83. The Morgan fingerprint density at radius 1 is 1.20 bits per heavy atom. The van der Waals surface area contributed by atoms with Crippen LogP contribution in [0.2, 0.25) is 0 Å². The van der Waals surface area contributed by atoms with E-state index >= 15 is 0 Å². The van der Waals surface area contributed by atoms with Crippen LogP contribution < -0.4 is 9.47 Å². The molecule has 2 rings (SSSR count). The van der Waals surface area contributed by atoms with Gasteiger partial charge in [-0.25, -0.2) is 4.98 Å². The predicted octanol–water partition coefficient (Wildman–Crippen LogP) is 2.56. The molecule has 0 saturated carbocycles. The summed E-state index contributed by atoms with van der Waals surface area (Å²) in [6, 6.07) is 5.59. The number of methoxy groups -OCH3 is 2. The van der Waals surface area contributed by atoms with Crippen LogP contribution in [0.4, 0.5) is 0 Å². The van der Waals surface area contributed by atoms with Gasteiger partial charge in [0.2, 0.25) is 0 Å². The molecule has 2 aromatic rings. The number of aliphatic hydroxyl groups is 1. The molecule has 108 valence electrons. The van der Waals surface area contributed by atoms with Gasteiger partial charge in [0.1, 0.15) is 17.6 Å². The third-order valence-electron chi connectivity index (χ3n) is 3.27. The largest absolute Gasteiger partial charge is 0.497 e. The predicted molar refractivity (Wildman–Crippen MR) is 76.2 cm³/mol. The molecule has 0 aliphatic heterocycles. The van der Waals surface area contributed by atoms with E-state index in [4.69, 9.17) is 9.47 Å². The van der Waals surface area contributed by atoms with Crippen LogP contribution in [0.15, 0.2) is 30.7 Å². The number of rotatable bonds is 5. The highest BCUT2D eigenvalue weighted by Crippen LogP contribution is 2.33. The Kier molecular flexibility index (Phi) is 4.29. The van der Waals surface area contributed by atoms with E-state index in [2.05, 4.69) is 4.98 Å². The van der Waals surface area contributed by atoms with E-state index in [1.807, 2.05) is 18.4 Å². The van der Waals surface area contributed by atoms with Crippen LogP contribution in [0.5, 0.6) is 11.5 Å². The van der Waals surface area contributed by atoms with Gasteiger partial charge in [0.15, 0.2) is 0 Å². The van der Waals surface area contributed by atoms with Crippen molar-refractivity contribution >= 4 is 0 Å². The monoisotopic (exact) mass is 276 g/mol. The summed E-state index contributed by atoms with van der Waals surface area (Å²) in [7, 11) is 3.17.